The highest BCUT2D eigenvalue weighted by atomic mass is 35.5. The molecule has 8 heteroatoms. The Balaban J connectivity index is 2.23. The molecule has 0 aliphatic rings. The van der Waals surface area contributed by atoms with Gasteiger partial charge in [-0.15, -0.1) is 11.3 Å². The lowest BCUT2D eigenvalue weighted by Gasteiger charge is -2.13. The third-order valence-corrected chi connectivity index (χ3v) is 3.88. The normalized spacial score (nSPS) is 11.4. The molecule has 0 amide bonds. The average molecular weight is 336 g/mol. The molecule has 0 saturated carbocycles. The van der Waals surface area contributed by atoms with Gasteiger partial charge in [0, 0.05) is 17.1 Å². The summed E-state index contributed by atoms with van der Waals surface area (Å²) in [6.07, 6.45) is -4.72. The van der Waals surface area contributed by atoms with Gasteiger partial charge in [0.2, 0.25) is 0 Å². The van der Waals surface area contributed by atoms with Crippen LogP contribution in [0.15, 0.2) is 30.3 Å². The molecule has 2 N–H and O–H groups in total. The number of halogens is 4. The quantitative estimate of drug-likeness (QED) is 0.849. The maximum atomic E-state index is 12.8. The fraction of sp³-hybridized carbons (Fsp3) is 0.154. The first kappa shape index (κ1) is 15.7. The van der Waals surface area contributed by atoms with E-state index >= 15 is 0 Å². The van der Waals surface area contributed by atoms with E-state index in [4.69, 9.17) is 16.7 Å². The van der Waals surface area contributed by atoms with Crippen LogP contribution < -0.4 is 5.32 Å². The molecule has 0 fully saturated rings. The minimum absolute atomic E-state index is 0.192. The molecule has 0 atom stereocenters. The Morgan fingerprint density at radius 1 is 1.29 bits per heavy atom. The third kappa shape index (κ3) is 3.89. The molecule has 0 aliphatic carbocycles. The monoisotopic (exact) mass is 335 g/mol. The Morgan fingerprint density at radius 3 is 2.52 bits per heavy atom. The number of rotatable bonds is 4. The number of carboxylic acids is 1. The standard InChI is InChI=1S/C13H9ClF3NO2S/c14-11-4-2-8(21-11)6-18-7-1-3-9(12(19)20)10(5-7)13(15,16)17/h1-5,18H,6H2,(H,19,20). The Labute approximate surface area is 127 Å². The smallest absolute Gasteiger partial charge is 0.417 e. The molecule has 0 unspecified atom stereocenters. The summed E-state index contributed by atoms with van der Waals surface area (Å²) < 4.78 is 39.1. The molecule has 0 spiro atoms. The molecule has 0 radical (unpaired) electrons. The van der Waals surface area contributed by atoms with E-state index in [2.05, 4.69) is 5.32 Å². The van der Waals surface area contributed by atoms with Gasteiger partial charge in [0.25, 0.3) is 0 Å². The maximum Gasteiger partial charge on any atom is 0.417 e. The second kappa shape index (κ2) is 5.95. The van der Waals surface area contributed by atoms with Crippen LogP contribution in [0.2, 0.25) is 4.34 Å². The third-order valence-electron chi connectivity index (χ3n) is 2.65. The zero-order chi connectivity index (χ0) is 15.6. The van der Waals surface area contributed by atoms with Gasteiger partial charge in [0.05, 0.1) is 15.5 Å². The molecular weight excluding hydrogens is 327 g/mol. The van der Waals surface area contributed by atoms with Crippen LogP contribution in [0.25, 0.3) is 0 Å². The van der Waals surface area contributed by atoms with Crippen molar-refractivity contribution in [2.75, 3.05) is 5.32 Å². The highest BCUT2D eigenvalue weighted by molar-refractivity contribution is 7.16. The van der Waals surface area contributed by atoms with Crippen LogP contribution in [0.1, 0.15) is 20.8 Å². The molecule has 1 heterocycles. The van der Waals surface area contributed by atoms with E-state index in [1.165, 1.54) is 17.4 Å². The SMILES string of the molecule is O=C(O)c1ccc(NCc2ccc(Cl)s2)cc1C(F)(F)F. The number of carboxylic acid groups (broad SMARTS) is 1. The van der Waals surface area contributed by atoms with Crippen LogP contribution in [-0.2, 0) is 12.7 Å². The maximum absolute atomic E-state index is 12.8. The van der Waals surface area contributed by atoms with Gasteiger partial charge in [-0.25, -0.2) is 4.79 Å². The van der Waals surface area contributed by atoms with E-state index in [0.29, 0.717) is 10.9 Å². The zero-order valence-electron chi connectivity index (χ0n) is 10.4. The molecule has 1 aromatic carbocycles. The summed E-state index contributed by atoms with van der Waals surface area (Å²) in [4.78, 5) is 11.7. The fourth-order valence-corrected chi connectivity index (χ4v) is 2.74. The number of hydrogen-bond acceptors (Lipinski definition) is 3. The van der Waals surface area contributed by atoms with Crippen molar-refractivity contribution in [3.05, 3.63) is 50.7 Å². The summed E-state index contributed by atoms with van der Waals surface area (Å²) in [6.45, 7) is 0.307. The van der Waals surface area contributed by atoms with Gasteiger partial charge in [-0.3, -0.25) is 0 Å². The van der Waals surface area contributed by atoms with Crippen LogP contribution in [0.3, 0.4) is 0 Å². The first-order valence-electron chi connectivity index (χ1n) is 5.70. The molecular formula is C13H9ClF3NO2S. The lowest BCUT2D eigenvalue weighted by Crippen LogP contribution is -2.13. The van der Waals surface area contributed by atoms with Gasteiger partial charge >= 0.3 is 12.1 Å². The number of nitrogens with one attached hydrogen (secondary N) is 1. The summed E-state index contributed by atoms with van der Waals surface area (Å²) in [5.74, 6) is -1.61. The second-order valence-electron chi connectivity index (χ2n) is 4.12. The van der Waals surface area contributed by atoms with Crippen molar-refractivity contribution in [3.63, 3.8) is 0 Å². The molecule has 112 valence electrons. The van der Waals surface area contributed by atoms with Crippen molar-refractivity contribution in [2.45, 2.75) is 12.7 Å². The van der Waals surface area contributed by atoms with Gasteiger partial charge in [0.15, 0.2) is 0 Å². The number of benzene rings is 1. The van der Waals surface area contributed by atoms with E-state index in [9.17, 15) is 18.0 Å². The van der Waals surface area contributed by atoms with E-state index in [1.807, 2.05) is 0 Å². The summed E-state index contributed by atoms with van der Waals surface area (Å²) in [6, 6.07) is 6.48. The molecule has 0 saturated heterocycles. The van der Waals surface area contributed by atoms with Crippen molar-refractivity contribution in [1.29, 1.82) is 0 Å². The Kier molecular flexibility index (Phi) is 4.43. The average Bonchev–Trinajstić information content (AvgIpc) is 2.81. The van der Waals surface area contributed by atoms with E-state index in [-0.39, 0.29) is 5.69 Å². The van der Waals surface area contributed by atoms with Crippen LogP contribution in [0.5, 0.6) is 0 Å². The largest absolute Gasteiger partial charge is 0.478 e. The fourth-order valence-electron chi connectivity index (χ4n) is 1.71. The number of alkyl halides is 3. The zero-order valence-corrected chi connectivity index (χ0v) is 11.9. The highest BCUT2D eigenvalue weighted by Gasteiger charge is 2.35. The van der Waals surface area contributed by atoms with Crippen LogP contribution >= 0.6 is 22.9 Å². The Morgan fingerprint density at radius 2 is 2.00 bits per heavy atom. The molecule has 0 bridgehead atoms. The lowest BCUT2D eigenvalue weighted by atomic mass is 10.1. The topological polar surface area (TPSA) is 49.3 Å². The molecule has 1 aromatic heterocycles. The van der Waals surface area contributed by atoms with E-state index in [1.54, 1.807) is 12.1 Å². The minimum atomic E-state index is -4.72. The Bertz CT molecular complexity index is 670. The predicted molar refractivity (Wildman–Crippen MR) is 75.1 cm³/mol. The molecule has 2 aromatic rings. The van der Waals surface area contributed by atoms with Crippen LogP contribution in [0.4, 0.5) is 18.9 Å². The van der Waals surface area contributed by atoms with Crippen molar-refractivity contribution < 1.29 is 23.1 Å². The Hall–Kier alpha value is -1.73. The number of carbonyl (C=O) groups is 1. The summed E-state index contributed by atoms with van der Waals surface area (Å²) in [5, 5.41) is 11.6. The van der Waals surface area contributed by atoms with E-state index < -0.39 is 23.3 Å². The number of hydrogen-bond donors (Lipinski definition) is 2. The van der Waals surface area contributed by atoms with Crippen LogP contribution in [-0.4, -0.2) is 11.1 Å². The molecule has 21 heavy (non-hydrogen) atoms. The van der Waals surface area contributed by atoms with Gasteiger partial charge in [-0.1, -0.05) is 11.6 Å². The second-order valence-corrected chi connectivity index (χ2v) is 5.92. The predicted octanol–water partition coefficient (Wildman–Crippen LogP) is 4.73. The molecule has 2 rings (SSSR count). The van der Waals surface area contributed by atoms with E-state index in [0.717, 1.165) is 17.0 Å². The van der Waals surface area contributed by atoms with Crippen molar-refractivity contribution in [1.82, 2.24) is 0 Å². The summed E-state index contributed by atoms with van der Waals surface area (Å²) in [7, 11) is 0. The van der Waals surface area contributed by atoms with Gasteiger partial charge in [-0.05, 0) is 30.3 Å². The summed E-state index contributed by atoms with van der Waals surface area (Å²) in [5.41, 5.74) is -1.76. The molecule has 0 aliphatic heterocycles. The summed E-state index contributed by atoms with van der Waals surface area (Å²) >= 11 is 7.07. The number of anilines is 1. The van der Waals surface area contributed by atoms with Gasteiger partial charge < -0.3 is 10.4 Å². The number of thiophene rings is 1. The van der Waals surface area contributed by atoms with Gasteiger partial charge in [-0.2, -0.15) is 13.2 Å². The van der Waals surface area contributed by atoms with Gasteiger partial charge in [0.1, 0.15) is 0 Å². The highest BCUT2D eigenvalue weighted by Crippen LogP contribution is 2.34. The van der Waals surface area contributed by atoms with Crippen molar-refractivity contribution in [2.24, 2.45) is 0 Å². The van der Waals surface area contributed by atoms with Crippen molar-refractivity contribution in [3.8, 4) is 0 Å². The van der Waals surface area contributed by atoms with Crippen molar-refractivity contribution >= 4 is 34.6 Å². The first-order chi connectivity index (χ1) is 9.77. The molecule has 3 nitrogen and oxygen atoms in total. The lowest BCUT2D eigenvalue weighted by molar-refractivity contribution is -0.138. The van der Waals surface area contributed by atoms with Crippen LogP contribution in [0, 0.1) is 0 Å². The first-order valence-corrected chi connectivity index (χ1v) is 6.89. The number of aromatic carboxylic acids is 1. The minimum Gasteiger partial charge on any atom is -0.478 e.